The molecule has 2 aromatic heterocycles. The van der Waals surface area contributed by atoms with Crippen LogP contribution < -0.4 is 10.6 Å². The Balaban J connectivity index is 1.38. The number of pyridine rings is 1. The van der Waals surface area contributed by atoms with Crippen LogP contribution >= 0.6 is 0 Å². The molecule has 4 rings (SSSR count). The van der Waals surface area contributed by atoms with Gasteiger partial charge in [-0.2, -0.15) is 0 Å². The quantitative estimate of drug-likeness (QED) is 0.643. The minimum absolute atomic E-state index is 0.159. The van der Waals surface area contributed by atoms with E-state index in [0.717, 1.165) is 34.4 Å². The SMILES string of the molecule is CC(C)(C)OC(=O)N1CCC(Nc2ccncc2NCc2ccc3nccnc3c2)C1. The van der Waals surface area contributed by atoms with Gasteiger partial charge >= 0.3 is 6.09 Å². The van der Waals surface area contributed by atoms with Crippen molar-refractivity contribution in [1.82, 2.24) is 19.9 Å². The molecule has 1 aliphatic heterocycles. The highest BCUT2D eigenvalue weighted by molar-refractivity contribution is 5.75. The number of benzene rings is 1. The van der Waals surface area contributed by atoms with E-state index in [9.17, 15) is 4.79 Å². The van der Waals surface area contributed by atoms with Crippen molar-refractivity contribution in [3.63, 3.8) is 0 Å². The van der Waals surface area contributed by atoms with Crippen molar-refractivity contribution >= 4 is 28.5 Å². The van der Waals surface area contributed by atoms with Gasteiger partial charge in [-0.05, 0) is 51.0 Å². The molecular weight excluding hydrogens is 392 g/mol. The molecule has 0 spiro atoms. The largest absolute Gasteiger partial charge is 0.444 e. The molecule has 2 N–H and O–H groups in total. The van der Waals surface area contributed by atoms with Crippen molar-refractivity contribution in [2.75, 3.05) is 23.7 Å². The van der Waals surface area contributed by atoms with Gasteiger partial charge in [0, 0.05) is 44.3 Å². The fourth-order valence-electron chi connectivity index (χ4n) is 3.57. The molecule has 162 valence electrons. The summed E-state index contributed by atoms with van der Waals surface area (Å²) in [5.74, 6) is 0. The van der Waals surface area contributed by atoms with Crippen LogP contribution in [0.2, 0.25) is 0 Å². The van der Waals surface area contributed by atoms with Crippen LogP contribution in [0, 0.1) is 0 Å². The van der Waals surface area contributed by atoms with Crippen LogP contribution in [-0.4, -0.2) is 50.7 Å². The number of likely N-dealkylation sites (tertiary alicyclic amines) is 1. The van der Waals surface area contributed by atoms with Gasteiger partial charge in [0.25, 0.3) is 0 Å². The van der Waals surface area contributed by atoms with Gasteiger partial charge in [-0.15, -0.1) is 0 Å². The van der Waals surface area contributed by atoms with E-state index in [1.165, 1.54) is 0 Å². The van der Waals surface area contributed by atoms with E-state index in [1.807, 2.05) is 51.2 Å². The summed E-state index contributed by atoms with van der Waals surface area (Å²) in [6.45, 7) is 7.58. The predicted octanol–water partition coefficient (Wildman–Crippen LogP) is 4.06. The normalized spacial score (nSPS) is 16.4. The minimum atomic E-state index is -0.487. The summed E-state index contributed by atoms with van der Waals surface area (Å²) in [5, 5.41) is 7.00. The molecule has 3 heterocycles. The molecule has 8 nitrogen and oxygen atoms in total. The molecule has 0 bridgehead atoms. The fourth-order valence-corrected chi connectivity index (χ4v) is 3.57. The van der Waals surface area contributed by atoms with Gasteiger partial charge in [0.15, 0.2) is 0 Å². The summed E-state index contributed by atoms with van der Waals surface area (Å²) >= 11 is 0. The summed E-state index contributed by atoms with van der Waals surface area (Å²) < 4.78 is 5.49. The Hall–Kier alpha value is -3.42. The number of hydrogen-bond acceptors (Lipinski definition) is 7. The molecule has 1 fully saturated rings. The fraction of sp³-hybridized carbons (Fsp3) is 0.391. The third kappa shape index (κ3) is 5.39. The summed E-state index contributed by atoms with van der Waals surface area (Å²) in [7, 11) is 0. The van der Waals surface area contributed by atoms with Crippen LogP contribution in [0.25, 0.3) is 11.0 Å². The van der Waals surface area contributed by atoms with Crippen molar-refractivity contribution in [3.8, 4) is 0 Å². The maximum absolute atomic E-state index is 12.3. The number of carbonyl (C=O) groups is 1. The molecule has 1 amide bonds. The van der Waals surface area contributed by atoms with Crippen LogP contribution in [0.15, 0.2) is 49.1 Å². The first kappa shape index (κ1) is 20.8. The highest BCUT2D eigenvalue weighted by Crippen LogP contribution is 2.25. The van der Waals surface area contributed by atoms with Crippen molar-refractivity contribution in [2.45, 2.75) is 45.4 Å². The molecule has 0 saturated carbocycles. The molecule has 8 heteroatoms. The lowest BCUT2D eigenvalue weighted by molar-refractivity contribution is 0.0293. The number of aromatic nitrogens is 3. The minimum Gasteiger partial charge on any atom is -0.444 e. The molecule has 1 unspecified atom stereocenters. The molecule has 1 saturated heterocycles. The Bertz CT molecular complexity index is 1070. The topological polar surface area (TPSA) is 92.3 Å². The van der Waals surface area contributed by atoms with Gasteiger partial charge in [-0.1, -0.05) is 6.07 Å². The molecule has 0 radical (unpaired) electrons. The number of nitrogens with one attached hydrogen (secondary N) is 2. The van der Waals surface area contributed by atoms with Crippen LogP contribution in [0.3, 0.4) is 0 Å². The predicted molar refractivity (Wildman–Crippen MR) is 121 cm³/mol. The summed E-state index contributed by atoms with van der Waals surface area (Å²) in [6.07, 6.45) is 7.57. The first-order valence-electron chi connectivity index (χ1n) is 10.5. The van der Waals surface area contributed by atoms with E-state index in [4.69, 9.17) is 4.74 Å². The Kier molecular flexibility index (Phi) is 5.88. The second-order valence-electron chi connectivity index (χ2n) is 8.71. The Labute approximate surface area is 182 Å². The molecule has 0 aliphatic carbocycles. The average molecular weight is 421 g/mol. The maximum atomic E-state index is 12.3. The van der Waals surface area contributed by atoms with Gasteiger partial charge in [0.1, 0.15) is 5.60 Å². The molecule has 3 aromatic rings. The number of amides is 1. The maximum Gasteiger partial charge on any atom is 0.410 e. The zero-order valence-corrected chi connectivity index (χ0v) is 18.1. The molecule has 1 aromatic carbocycles. The smallest absolute Gasteiger partial charge is 0.410 e. The highest BCUT2D eigenvalue weighted by Gasteiger charge is 2.30. The van der Waals surface area contributed by atoms with Gasteiger partial charge < -0.3 is 20.3 Å². The van der Waals surface area contributed by atoms with Crippen LogP contribution in [0.4, 0.5) is 16.2 Å². The number of nitrogens with zero attached hydrogens (tertiary/aromatic N) is 4. The number of carbonyl (C=O) groups excluding carboxylic acids is 1. The lowest BCUT2D eigenvalue weighted by atomic mass is 10.2. The monoisotopic (exact) mass is 420 g/mol. The van der Waals surface area contributed by atoms with Crippen molar-refractivity contribution in [1.29, 1.82) is 0 Å². The van der Waals surface area contributed by atoms with Gasteiger partial charge in [-0.25, -0.2) is 4.79 Å². The molecule has 31 heavy (non-hydrogen) atoms. The lowest BCUT2D eigenvalue weighted by Crippen LogP contribution is -2.36. The standard InChI is InChI=1S/C23H28N6O2/c1-23(2,3)31-22(30)29-11-7-17(15-29)28-19-6-8-24-14-21(19)27-13-16-4-5-18-20(12-16)26-10-9-25-18/h4-6,8-10,12,14,17,27H,7,11,13,15H2,1-3H3,(H,24,28). The number of rotatable bonds is 5. The number of anilines is 2. The molecule has 1 aliphatic rings. The van der Waals surface area contributed by atoms with E-state index >= 15 is 0 Å². The van der Waals surface area contributed by atoms with Crippen molar-refractivity contribution in [2.24, 2.45) is 0 Å². The Morgan fingerprint density at radius 1 is 1.13 bits per heavy atom. The zero-order chi connectivity index (χ0) is 21.8. The third-order valence-corrected chi connectivity index (χ3v) is 5.04. The van der Waals surface area contributed by atoms with E-state index in [2.05, 4.69) is 25.6 Å². The van der Waals surface area contributed by atoms with Gasteiger partial charge in [0.05, 0.1) is 28.6 Å². The van der Waals surface area contributed by atoms with E-state index in [0.29, 0.717) is 19.6 Å². The zero-order valence-electron chi connectivity index (χ0n) is 18.1. The first-order chi connectivity index (χ1) is 14.9. The second-order valence-corrected chi connectivity index (χ2v) is 8.71. The Morgan fingerprint density at radius 3 is 2.74 bits per heavy atom. The highest BCUT2D eigenvalue weighted by atomic mass is 16.6. The number of hydrogen-bond donors (Lipinski definition) is 2. The first-order valence-corrected chi connectivity index (χ1v) is 10.5. The molecule has 1 atom stereocenters. The van der Waals surface area contributed by atoms with E-state index in [-0.39, 0.29) is 12.1 Å². The number of ether oxygens (including phenoxy) is 1. The van der Waals surface area contributed by atoms with E-state index < -0.39 is 5.60 Å². The molecular formula is C23H28N6O2. The number of fused-ring (bicyclic) bond motifs is 1. The van der Waals surface area contributed by atoms with Gasteiger partial charge in [0.2, 0.25) is 0 Å². The third-order valence-electron chi connectivity index (χ3n) is 5.04. The van der Waals surface area contributed by atoms with Crippen LogP contribution in [-0.2, 0) is 11.3 Å². The van der Waals surface area contributed by atoms with Gasteiger partial charge in [-0.3, -0.25) is 15.0 Å². The summed E-state index contributed by atoms with van der Waals surface area (Å²) in [4.78, 5) is 27.0. The van der Waals surface area contributed by atoms with Crippen LogP contribution in [0.1, 0.15) is 32.8 Å². The van der Waals surface area contributed by atoms with Crippen LogP contribution in [0.5, 0.6) is 0 Å². The summed E-state index contributed by atoms with van der Waals surface area (Å²) in [6, 6.07) is 8.17. The summed E-state index contributed by atoms with van der Waals surface area (Å²) in [5.41, 5.74) is 4.26. The van der Waals surface area contributed by atoms with Crippen molar-refractivity contribution < 1.29 is 9.53 Å². The second kappa shape index (κ2) is 8.75. The average Bonchev–Trinajstić information content (AvgIpc) is 3.21. The van der Waals surface area contributed by atoms with E-state index in [1.54, 1.807) is 23.5 Å². The lowest BCUT2D eigenvalue weighted by Gasteiger charge is -2.24. The van der Waals surface area contributed by atoms with Crippen molar-refractivity contribution in [3.05, 3.63) is 54.6 Å². The Morgan fingerprint density at radius 2 is 1.94 bits per heavy atom.